The molecule has 2 aromatic carbocycles. The maximum absolute atomic E-state index is 5.72. The molecule has 3 heteroatoms. The van der Waals surface area contributed by atoms with Crippen molar-refractivity contribution < 1.29 is 4.74 Å². The van der Waals surface area contributed by atoms with Gasteiger partial charge in [-0.25, -0.2) is 4.99 Å². The molecule has 0 spiro atoms. The zero-order chi connectivity index (χ0) is 15.2. The van der Waals surface area contributed by atoms with E-state index < -0.39 is 0 Å². The van der Waals surface area contributed by atoms with Gasteiger partial charge in [0, 0.05) is 6.54 Å². The van der Waals surface area contributed by atoms with Gasteiger partial charge in [0.1, 0.15) is 6.61 Å². The van der Waals surface area contributed by atoms with E-state index in [2.05, 4.69) is 60.4 Å². The summed E-state index contributed by atoms with van der Waals surface area (Å²) in [6.45, 7) is 4.74. The summed E-state index contributed by atoms with van der Waals surface area (Å²) in [5.74, 6) is 0. The van der Waals surface area contributed by atoms with Crippen LogP contribution in [0.5, 0.6) is 0 Å². The number of hydrogen-bond acceptors (Lipinski definition) is 2. The Bertz CT molecular complexity index is 610. The van der Waals surface area contributed by atoms with Gasteiger partial charge in [0.2, 0.25) is 0 Å². The van der Waals surface area contributed by atoms with Gasteiger partial charge < -0.3 is 9.64 Å². The van der Waals surface area contributed by atoms with Gasteiger partial charge in [-0.2, -0.15) is 0 Å². The Kier molecular flexibility index (Phi) is 4.74. The molecule has 1 fully saturated rings. The molecule has 0 amide bonds. The third-order valence-corrected chi connectivity index (χ3v) is 3.97. The third kappa shape index (κ3) is 3.48. The maximum Gasteiger partial charge on any atom is 0.288 e. The highest BCUT2D eigenvalue weighted by atomic mass is 16.5. The maximum atomic E-state index is 5.72. The van der Waals surface area contributed by atoms with E-state index in [-0.39, 0.29) is 6.04 Å². The first-order valence-corrected chi connectivity index (χ1v) is 7.91. The van der Waals surface area contributed by atoms with E-state index in [0.717, 1.165) is 32.1 Å². The van der Waals surface area contributed by atoms with Crippen LogP contribution in [0.25, 0.3) is 0 Å². The van der Waals surface area contributed by atoms with E-state index in [1.165, 1.54) is 11.1 Å². The summed E-state index contributed by atoms with van der Waals surface area (Å²) >= 11 is 0. The number of nitrogens with zero attached hydrogens (tertiary/aromatic N) is 2. The first-order chi connectivity index (χ1) is 10.9. The first-order valence-electron chi connectivity index (χ1n) is 7.91. The van der Waals surface area contributed by atoms with Crippen LogP contribution in [0.3, 0.4) is 0 Å². The highest BCUT2D eigenvalue weighted by Gasteiger charge is 2.21. The molecular weight excluding hydrogens is 272 g/mol. The van der Waals surface area contributed by atoms with Crippen LogP contribution in [0.15, 0.2) is 65.7 Å². The Labute approximate surface area is 132 Å². The molecule has 22 heavy (non-hydrogen) atoms. The Morgan fingerprint density at radius 3 is 2.41 bits per heavy atom. The van der Waals surface area contributed by atoms with Crippen LogP contribution in [0.2, 0.25) is 0 Å². The van der Waals surface area contributed by atoms with E-state index >= 15 is 0 Å². The lowest BCUT2D eigenvalue weighted by Gasteiger charge is -2.18. The summed E-state index contributed by atoms with van der Waals surface area (Å²) in [6.07, 6.45) is 0.884. The molecule has 0 bridgehead atoms. The smallest absolute Gasteiger partial charge is 0.288 e. The quantitative estimate of drug-likeness (QED) is 0.840. The van der Waals surface area contributed by atoms with Gasteiger partial charge in [-0.05, 0) is 24.5 Å². The molecule has 3 nitrogen and oxygen atoms in total. The third-order valence-electron chi connectivity index (χ3n) is 3.97. The summed E-state index contributed by atoms with van der Waals surface area (Å²) in [4.78, 5) is 7.11. The van der Waals surface area contributed by atoms with Gasteiger partial charge in [0.05, 0.1) is 12.6 Å². The number of amidine groups is 1. The predicted molar refractivity (Wildman–Crippen MR) is 90.0 cm³/mol. The molecule has 0 aromatic heterocycles. The second-order valence-corrected chi connectivity index (χ2v) is 5.46. The van der Waals surface area contributed by atoms with E-state index in [4.69, 9.17) is 9.73 Å². The minimum atomic E-state index is 0.0887. The second kappa shape index (κ2) is 7.12. The van der Waals surface area contributed by atoms with Crippen molar-refractivity contribution >= 4 is 6.02 Å². The lowest BCUT2D eigenvalue weighted by molar-refractivity contribution is 0.347. The average molecular weight is 294 g/mol. The van der Waals surface area contributed by atoms with Crippen molar-refractivity contribution in [2.24, 2.45) is 4.99 Å². The molecule has 3 rings (SSSR count). The number of rotatable bonds is 5. The Balaban J connectivity index is 1.88. The molecule has 114 valence electrons. The van der Waals surface area contributed by atoms with Gasteiger partial charge in [0.15, 0.2) is 0 Å². The van der Waals surface area contributed by atoms with Crippen LogP contribution < -0.4 is 0 Å². The number of hydrogen-bond donors (Lipinski definition) is 0. The lowest BCUT2D eigenvalue weighted by Crippen LogP contribution is -2.26. The van der Waals surface area contributed by atoms with E-state index in [0.29, 0.717) is 0 Å². The fraction of sp³-hybridized carbons (Fsp3) is 0.316. The van der Waals surface area contributed by atoms with Gasteiger partial charge in [-0.15, -0.1) is 0 Å². The minimum absolute atomic E-state index is 0.0887. The van der Waals surface area contributed by atoms with E-state index in [9.17, 15) is 0 Å². The van der Waals surface area contributed by atoms with E-state index in [1.807, 2.05) is 12.1 Å². The normalized spacial score (nSPS) is 17.5. The molecule has 1 saturated heterocycles. The monoisotopic (exact) mass is 294 g/mol. The summed E-state index contributed by atoms with van der Waals surface area (Å²) in [7, 11) is 0. The summed E-state index contributed by atoms with van der Waals surface area (Å²) < 4.78 is 5.72. The van der Waals surface area contributed by atoms with Crippen molar-refractivity contribution in [1.82, 2.24) is 4.90 Å². The van der Waals surface area contributed by atoms with Crippen molar-refractivity contribution in [3.8, 4) is 0 Å². The number of aliphatic imine (C=N–C) groups is 1. The van der Waals surface area contributed by atoms with Crippen LogP contribution in [0.4, 0.5) is 0 Å². The molecule has 0 saturated carbocycles. The topological polar surface area (TPSA) is 24.8 Å². The molecular formula is C19H22N2O. The van der Waals surface area contributed by atoms with Crippen molar-refractivity contribution in [2.75, 3.05) is 19.7 Å². The van der Waals surface area contributed by atoms with Crippen molar-refractivity contribution in [1.29, 1.82) is 0 Å². The fourth-order valence-corrected chi connectivity index (χ4v) is 2.73. The molecule has 2 aromatic rings. The van der Waals surface area contributed by atoms with Gasteiger partial charge >= 0.3 is 0 Å². The van der Waals surface area contributed by atoms with Crippen molar-refractivity contribution in [3.63, 3.8) is 0 Å². The molecule has 0 N–H and O–H groups in total. The largest absolute Gasteiger partial charge is 0.463 e. The van der Waals surface area contributed by atoms with Crippen LogP contribution in [-0.4, -0.2) is 30.6 Å². The van der Waals surface area contributed by atoms with Crippen molar-refractivity contribution in [2.45, 2.75) is 19.4 Å². The average Bonchev–Trinajstić information content (AvgIpc) is 3.03. The van der Waals surface area contributed by atoms with Gasteiger partial charge in [0.25, 0.3) is 6.02 Å². The van der Waals surface area contributed by atoms with Crippen LogP contribution in [-0.2, 0) is 11.2 Å². The van der Waals surface area contributed by atoms with Crippen molar-refractivity contribution in [3.05, 3.63) is 71.8 Å². The Hall–Kier alpha value is -2.29. The molecule has 1 aliphatic rings. The number of likely N-dealkylation sites (N-methyl/N-ethyl adjacent to an activating group) is 1. The zero-order valence-corrected chi connectivity index (χ0v) is 13.0. The summed E-state index contributed by atoms with van der Waals surface area (Å²) in [5.41, 5.74) is 2.52. The van der Waals surface area contributed by atoms with Crippen LogP contribution >= 0.6 is 0 Å². The SMILES string of the molecule is CCN1CCO/C1=N\C(Cc1ccccc1)c1ccccc1. The first kappa shape index (κ1) is 14.6. The Morgan fingerprint density at radius 1 is 1.05 bits per heavy atom. The molecule has 0 aliphatic carbocycles. The van der Waals surface area contributed by atoms with Crippen LogP contribution in [0.1, 0.15) is 24.1 Å². The molecule has 1 atom stereocenters. The van der Waals surface area contributed by atoms with Gasteiger partial charge in [-0.1, -0.05) is 60.7 Å². The Morgan fingerprint density at radius 2 is 1.73 bits per heavy atom. The van der Waals surface area contributed by atoms with Gasteiger partial charge in [-0.3, -0.25) is 0 Å². The number of benzene rings is 2. The number of ether oxygens (including phenoxy) is 1. The molecule has 1 unspecified atom stereocenters. The molecule has 0 radical (unpaired) electrons. The van der Waals surface area contributed by atoms with E-state index in [1.54, 1.807) is 0 Å². The highest BCUT2D eigenvalue weighted by Crippen LogP contribution is 2.24. The second-order valence-electron chi connectivity index (χ2n) is 5.46. The summed E-state index contributed by atoms with van der Waals surface area (Å²) in [5, 5.41) is 0. The molecule has 1 aliphatic heterocycles. The summed E-state index contributed by atoms with van der Waals surface area (Å²) in [6, 6.07) is 21.9. The minimum Gasteiger partial charge on any atom is -0.463 e. The lowest BCUT2D eigenvalue weighted by atomic mass is 9.99. The standard InChI is InChI=1S/C19H22N2O/c1-2-21-13-14-22-19(21)20-18(17-11-7-4-8-12-17)15-16-9-5-3-6-10-16/h3-12,18H,2,13-15H2,1H3/b20-19-. The molecule has 1 heterocycles. The fourth-order valence-electron chi connectivity index (χ4n) is 2.73. The zero-order valence-electron chi connectivity index (χ0n) is 13.0. The highest BCUT2D eigenvalue weighted by molar-refractivity contribution is 5.75. The predicted octanol–water partition coefficient (Wildman–Crippen LogP) is 3.68. The van der Waals surface area contributed by atoms with Crippen LogP contribution in [0, 0.1) is 0 Å².